The number of hydrogen-bond acceptors (Lipinski definition) is 0. The van der Waals surface area contributed by atoms with Crippen molar-refractivity contribution in [2.45, 2.75) is 20.8 Å². The minimum atomic E-state index is -3.06. The first-order valence-electron chi connectivity index (χ1n) is 4.39. The van der Waals surface area contributed by atoms with Crippen LogP contribution in [0.4, 0.5) is 8.63 Å². The molecule has 0 aliphatic heterocycles. The lowest BCUT2D eigenvalue weighted by Gasteiger charge is -2.30. The lowest BCUT2D eigenvalue weighted by Crippen LogP contribution is -2.42. The minimum absolute atomic E-state index is 1.09. The number of hydrogen-bond donors (Lipinski definition) is 0. The summed E-state index contributed by atoms with van der Waals surface area (Å²) in [5.41, 5.74) is 0. The van der Waals surface area contributed by atoms with Crippen LogP contribution >= 0.6 is 44.7 Å². The van der Waals surface area contributed by atoms with Crippen molar-refractivity contribution in [3.05, 3.63) is 0 Å². The van der Waals surface area contributed by atoms with E-state index in [9.17, 15) is 8.63 Å². The highest BCUT2D eigenvalue weighted by Gasteiger charge is 2.10. The molecule has 0 aliphatic rings. The molecule has 0 aromatic heterocycles. The first-order chi connectivity index (χ1) is 5.68. The van der Waals surface area contributed by atoms with Crippen molar-refractivity contribution in [3.8, 4) is 0 Å². The van der Waals surface area contributed by atoms with Gasteiger partial charge in [-0.3, -0.25) is 44.7 Å². The molecule has 0 amide bonds. The van der Waals surface area contributed by atoms with Gasteiger partial charge in [0.1, 0.15) is 0 Å². The molecule has 0 rings (SSSR count). The Balaban J connectivity index is 0. The summed E-state index contributed by atoms with van der Waals surface area (Å²) < 4.78 is 20.3. The molecule has 0 aliphatic carbocycles. The molecule has 0 saturated heterocycles. The van der Waals surface area contributed by atoms with Gasteiger partial charge in [-0.15, -0.1) is 0 Å². The lowest BCUT2D eigenvalue weighted by atomic mass is 10.4. The summed E-state index contributed by atoms with van der Waals surface area (Å²) in [6, 6.07) is 0. The van der Waals surface area contributed by atoms with Gasteiger partial charge in [0.25, 0.3) is 0 Å². The van der Waals surface area contributed by atoms with E-state index in [0.29, 0.717) is 0 Å². The van der Waals surface area contributed by atoms with Crippen molar-refractivity contribution in [1.82, 2.24) is 0 Å². The summed E-state index contributed by atoms with van der Waals surface area (Å²) >= 11 is 2.19. The van der Waals surface area contributed by atoms with Gasteiger partial charge in [-0.1, -0.05) is 0 Å². The molecule has 0 fully saturated rings. The highest BCUT2D eigenvalue weighted by atomic mass is 127. The number of quaternary nitrogens is 1. The molecule has 0 atom stereocenters. The zero-order valence-electron chi connectivity index (χ0n) is 8.66. The normalized spacial score (nSPS) is 12.0. The number of rotatable bonds is 3. The summed E-state index contributed by atoms with van der Waals surface area (Å²) in [6.07, 6.45) is 0. The molecule has 0 unspecified atom stereocenters. The second-order valence-electron chi connectivity index (χ2n) is 3.06. The van der Waals surface area contributed by atoms with Gasteiger partial charge in [-0.25, -0.2) is 0 Å². The highest BCUT2D eigenvalue weighted by Crippen LogP contribution is 2.23. The van der Waals surface area contributed by atoms with E-state index in [1.165, 1.54) is 24.1 Å². The van der Waals surface area contributed by atoms with Crippen LogP contribution in [0, 0.1) is 0 Å². The van der Waals surface area contributed by atoms with Crippen LogP contribution in [0.1, 0.15) is 20.8 Å². The quantitative estimate of drug-likeness (QED) is 0.372. The SMILES string of the molecule is CC[N+](C)(CC)CC.F[B-](F)(I)I. The van der Waals surface area contributed by atoms with Crippen LogP contribution in [-0.4, -0.2) is 33.6 Å². The second-order valence-corrected chi connectivity index (χ2v) is 8.58. The van der Waals surface area contributed by atoms with Crippen LogP contribution < -0.4 is 0 Å². The molecule has 6 heteroatoms. The van der Waals surface area contributed by atoms with E-state index in [0.717, 1.165) is 44.7 Å². The van der Waals surface area contributed by atoms with Crippen LogP contribution in [0.5, 0.6) is 0 Å². The third kappa shape index (κ3) is 16.0. The monoisotopic (exact) mass is 419 g/mol. The van der Waals surface area contributed by atoms with Gasteiger partial charge in [0.15, 0.2) is 0 Å². The fourth-order valence-electron chi connectivity index (χ4n) is 0.671. The van der Waals surface area contributed by atoms with Gasteiger partial charge in [-0.05, 0) is 20.8 Å². The van der Waals surface area contributed by atoms with Crippen molar-refractivity contribution in [2.24, 2.45) is 0 Å². The average molecular weight is 419 g/mol. The van der Waals surface area contributed by atoms with Crippen molar-refractivity contribution in [3.63, 3.8) is 0 Å². The maximum absolute atomic E-state index is 11.1. The zero-order valence-corrected chi connectivity index (χ0v) is 13.0. The van der Waals surface area contributed by atoms with Gasteiger partial charge in [0.2, 0.25) is 0 Å². The molecule has 1 nitrogen and oxygen atoms in total. The molecular formula is C7H18BF2I2N. The lowest BCUT2D eigenvalue weighted by molar-refractivity contribution is -0.904. The van der Waals surface area contributed by atoms with Gasteiger partial charge < -0.3 is 13.1 Å². The molecule has 0 aromatic rings. The van der Waals surface area contributed by atoms with Crippen LogP contribution in [0.3, 0.4) is 0 Å². The predicted molar refractivity (Wildman–Crippen MR) is 73.8 cm³/mol. The molecule has 0 bridgehead atoms. The Labute approximate surface area is 107 Å². The third-order valence-corrected chi connectivity index (χ3v) is 2.29. The van der Waals surface area contributed by atoms with E-state index in [1.807, 2.05) is 0 Å². The van der Waals surface area contributed by atoms with E-state index >= 15 is 0 Å². The largest absolute Gasteiger partial charge is 0.459 e. The summed E-state index contributed by atoms with van der Waals surface area (Å²) in [5.74, 6) is 0. The summed E-state index contributed by atoms with van der Waals surface area (Å²) in [6.45, 7) is 10.5. The zero-order chi connectivity index (χ0) is 11.1. The minimum Gasteiger partial charge on any atom is -0.459 e. The number of nitrogens with zero attached hydrogens (tertiary/aromatic N) is 1. The molecule has 0 heterocycles. The fourth-order valence-corrected chi connectivity index (χ4v) is 0.671. The molecule has 0 N–H and O–H groups in total. The second kappa shape index (κ2) is 7.61. The first kappa shape index (κ1) is 16.8. The Morgan fingerprint density at radius 1 is 1.00 bits per heavy atom. The third-order valence-electron chi connectivity index (χ3n) is 2.29. The summed E-state index contributed by atoms with van der Waals surface area (Å²) in [5, 5.41) is 0. The predicted octanol–water partition coefficient (Wildman–Crippen LogP) is 3.72. The maximum atomic E-state index is 11.1. The van der Waals surface area contributed by atoms with Crippen molar-refractivity contribution in [2.75, 3.05) is 26.7 Å². The molecular weight excluding hydrogens is 401 g/mol. The Morgan fingerprint density at radius 2 is 1.15 bits per heavy atom. The van der Waals surface area contributed by atoms with Crippen LogP contribution in [0.15, 0.2) is 0 Å². The van der Waals surface area contributed by atoms with Gasteiger partial charge in [0.05, 0.1) is 26.7 Å². The van der Waals surface area contributed by atoms with E-state index in [2.05, 4.69) is 27.8 Å². The van der Waals surface area contributed by atoms with Crippen molar-refractivity contribution < 1.29 is 13.1 Å². The van der Waals surface area contributed by atoms with Crippen LogP contribution in [0.25, 0.3) is 0 Å². The molecule has 0 radical (unpaired) electrons. The molecule has 0 saturated carbocycles. The van der Waals surface area contributed by atoms with Gasteiger partial charge in [-0.2, -0.15) is 0 Å². The first-order valence-corrected chi connectivity index (χ1v) is 6.88. The van der Waals surface area contributed by atoms with Gasteiger partial charge >= 0.3 is 2.41 Å². The van der Waals surface area contributed by atoms with Crippen molar-refractivity contribution in [1.29, 1.82) is 0 Å². The average Bonchev–Trinajstić information content (AvgIpc) is 2.00. The Kier molecular flexibility index (Phi) is 9.82. The summed E-state index contributed by atoms with van der Waals surface area (Å²) in [7, 11) is 2.29. The van der Waals surface area contributed by atoms with E-state index < -0.39 is 2.41 Å². The van der Waals surface area contributed by atoms with Crippen LogP contribution in [0.2, 0.25) is 0 Å². The molecule has 0 spiro atoms. The Hall–Kier alpha value is 1.34. The van der Waals surface area contributed by atoms with Gasteiger partial charge in [0, 0.05) is 0 Å². The Morgan fingerprint density at radius 3 is 1.15 bits per heavy atom. The van der Waals surface area contributed by atoms with E-state index in [1.54, 1.807) is 0 Å². The van der Waals surface area contributed by atoms with Crippen LogP contribution in [-0.2, 0) is 0 Å². The smallest absolute Gasteiger partial charge is 0.426 e. The van der Waals surface area contributed by atoms with Crippen molar-refractivity contribution >= 4 is 47.2 Å². The topological polar surface area (TPSA) is 0 Å². The standard InChI is InChI=1S/C7H18N.BF2I2/c1-5-8(4,6-2)7-3;2-1(3,4)5/h5-7H2,1-4H3;/q+1;-1. The number of halogens is 4. The fraction of sp³-hybridized carbons (Fsp3) is 1.00. The molecule has 82 valence electrons. The summed E-state index contributed by atoms with van der Waals surface area (Å²) in [4.78, 5) is 0. The molecule has 0 aromatic carbocycles. The van der Waals surface area contributed by atoms with E-state index in [-0.39, 0.29) is 0 Å². The highest BCUT2D eigenvalue weighted by molar-refractivity contribution is 14.3. The van der Waals surface area contributed by atoms with E-state index in [4.69, 9.17) is 0 Å². The molecule has 13 heavy (non-hydrogen) atoms. The Bertz CT molecular complexity index is 112. The maximum Gasteiger partial charge on any atom is 0.426 e.